The molecule has 0 aliphatic heterocycles. The molecule has 0 heterocycles. The van der Waals surface area contributed by atoms with E-state index in [9.17, 15) is 0 Å². The number of aryl methyl sites for hydroxylation is 1. The van der Waals surface area contributed by atoms with Crippen LogP contribution in [0.4, 0.5) is 34.1 Å². The maximum Gasteiger partial charge on any atom is 0.0546 e. The second-order valence-corrected chi connectivity index (χ2v) is 17.1. The highest BCUT2D eigenvalue weighted by molar-refractivity contribution is 6.24. The van der Waals surface area contributed by atoms with E-state index >= 15 is 0 Å². The van der Waals surface area contributed by atoms with Gasteiger partial charge < -0.3 is 9.80 Å². The summed E-state index contributed by atoms with van der Waals surface area (Å²) in [6.07, 6.45) is 7.67. The molecular weight excluding hydrogens is 701 g/mol. The van der Waals surface area contributed by atoms with Gasteiger partial charge >= 0.3 is 0 Å². The minimum Gasteiger partial charge on any atom is -0.310 e. The maximum absolute atomic E-state index is 2.50. The lowest BCUT2D eigenvalue weighted by Gasteiger charge is -2.30. The monoisotopic (exact) mass is 756 g/mol. The molecule has 290 valence electrons. The predicted molar refractivity (Wildman–Crippen MR) is 252 cm³/mol. The lowest BCUT2D eigenvalue weighted by Crippen LogP contribution is -2.12. The van der Waals surface area contributed by atoms with Crippen LogP contribution >= 0.6 is 0 Å². The third-order valence-electron chi connectivity index (χ3n) is 12.8. The molecule has 1 fully saturated rings. The minimum atomic E-state index is 0.468. The van der Waals surface area contributed by atoms with Crippen molar-refractivity contribution in [3.05, 3.63) is 180 Å². The average Bonchev–Trinajstić information content (AvgIpc) is 3.28. The van der Waals surface area contributed by atoms with Gasteiger partial charge in [0.2, 0.25) is 0 Å². The van der Waals surface area contributed by atoms with Crippen molar-refractivity contribution in [3.63, 3.8) is 0 Å². The SMILES string of the molecule is CCc1ccc(N(c2ccc(C(C)C)cc2)c2cc3c4ccccc4c(N(c4ccc(C(C)C)cc4)c4ccc(C5CCCCC5)cc4)cc3c3ccccc23)cc1. The number of benzene rings is 8. The molecule has 58 heavy (non-hydrogen) atoms. The van der Waals surface area contributed by atoms with Gasteiger partial charge in [-0.15, -0.1) is 0 Å². The van der Waals surface area contributed by atoms with E-state index in [1.165, 1.54) is 109 Å². The number of nitrogens with zero attached hydrogens (tertiary/aromatic N) is 2. The molecule has 0 atom stereocenters. The van der Waals surface area contributed by atoms with E-state index in [1.807, 2.05) is 0 Å². The maximum atomic E-state index is 2.50. The zero-order valence-corrected chi connectivity index (χ0v) is 34.9. The Morgan fingerprint density at radius 2 is 0.810 bits per heavy atom. The van der Waals surface area contributed by atoms with Crippen molar-refractivity contribution in [3.8, 4) is 0 Å². The number of anilines is 6. The summed E-state index contributed by atoms with van der Waals surface area (Å²) in [7, 11) is 0. The third kappa shape index (κ3) is 7.15. The van der Waals surface area contributed by atoms with Crippen molar-refractivity contribution < 1.29 is 0 Å². The van der Waals surface area contributed by atoms with Crippen LogP contribution in [0.1, 0.15) is 107 Å². The fourth-order valence-electron chi connectivity index (χ4n) is 9.37. The molecule has 0 spiro atoms. The van der Waals surface area contributed by atoms with E-state index in [4.69, 9.17) is 0 Å². The Kier molecular flexibility index (Phi) is 10.5. The Labute approximate surface area is 345 Å². The van der Waals surface area contributed by atoms with Gasteiger partial charge in [-0.1, -0.05) is 151 Å². The van der Waals surface area contributed by atoms with Gasteiger partial charge in [0.25, 0.3) is 0 Å². The minimum absolute atomic E-state index is 0.468. The smallest absolute Gasteiger partial charge is 0.0546 e. The van der Waals surface area contributed by atoms with Crippen LogP contribution in [0.2, 0.25) is 0 Å². The molecule has 0 saturated heterocycles. The van der Waals surface area contributed by atoms with E-state index in [1.54, 1.807) is 0 Å². The third-order valence-corrected chi connectivity index (χ3v) is 12.8. The van der Waals surface area contributed by atoms with Gasteiger partial charge in [0, 0.05) is 33.5 Å². The highest BCUT2D eigenvalue weighted by Gasteiger charge is 2.23. The molecule has 0 unspecified atom stereocenters. The summed E-state index contributed by atoms with van der Waals surface area (Å²) in [5.74, 6) is 1.61. The summed E-state index contributed by atoms with van der Waals surface area (Å²) in [5, 5.41) is 7.48. The topological polar surface area (TPSA) is 6.48 Å². The van der Waals surface area contributed by atoms with Crippen LogP contribution in [0.15, 0.2) is 158 Å². The summed E-state index contributed by atoms with van der Waals surface area (Å²) in [4.78, 5) is 4.96. The van der Waals surface area contributed by atoms with Crippen molar-refractivity contribution in [1.82, 2.24) is 0 Å². The summed E-state index contributed by atoms with van der Waals surface area (Å²) in [6, 6.07) is 60.1. The molecule has 0 radical (unpaired) electrons. The van der Waals surface area contributed by atoms with Crippen LogP contribution in [0.25, 0.3) is 32.3 Å². The summed E-state index contributed by atoms with van der Waals surface area (Å²) >= 11 is 0. The Balaban J connectivity index is 1.28. The Bertz CT molecular complexity index is 2660. The molecule has 9 rings (SSSR count). The van der Waals surface area contributed by atoms with Crippen LogP contribution in [0.3, 0.4) is 0 Å². The van der Waals surface area contributed by atoms with Crippen molar-refractivity contribution in [2.75, 3.05) is 9.80 Å². The predicted octanol–water partition coefficient (Wildman–Crippen LogP) is 16.9. The van der Waals surface area contributed by atoms with Gasteiger partial charge in [0.15, 0.2) is 0 Å². The molecule has 8 aromatic carbocycles. The highest BCUT2D eigenvalue weighted by atomic mass is 15.1. The Morgan fingerprint density at radius 1 is 0.431 bits per heavy atom. The van der Waals surface area contributed by atoms with Crippen LogP contribution < -0.4 is 9.80 Å². The number of rotatable bonds is 10. The van der Waals surface area contributed by atoms with Crippen LogP contribution in [-0.4, -0.2) is 0 Å². The molecule has 0 N–H and O–H groups in total. The van der Waals surface area contributed by atoms with Crippen LogP contribution in [0, 0.1) is 0 Å². The van der Waals surface area contributed by atoms with Crippen LogP contribution in [-0.2, 0) is 6.42 Å². The van der Waals surface area contributed by atoms with E-state index < -0.39 is 0 Å². The standard InChI is InChI=1S/C56H56N2/c1-6-40-20-28-45(29-21-40)57(46-30-22-41(23-31-46)38(2)3)55-36-53-50-17-11-13-19-52(50)56(37-54(53)49-16-10-12-18-51(49)55)58(47-32-24-42(25-33-47)39(4)5)48-34-26-44(27-35-48)43-14-8-7-9-15-43/h10-13,16-39,43H,6-9,14-15H2,1-5H3. The van der Waals surface area contributed by atoms with Crippen molar-refractivity contribution in [2.24, 2.45) is 0 Å². The molecule has 2 heteroatoms. The van der Waals surface area contributed by atoms with Gasteiger partial charge in [-0.25, -0.2) is 0 Å². The second-order valence-electron chi connectivity index (χ2n) is 17.1. The van der Waals surface area contributed by atoms with Gasteiger partial charge in [-0.05, 0) is 141 Å². The van der Waals surface area contributed by atoms with E-state index in [0.717, 1.165) is 17.8 Å². The zero-order chi connectivity index (χ0) is 39.8. The first-order valence-electron chi connectivity index (χ1n) is 21.7. The molecule has 0 amide bonds. The molecule has 8 aromatic rings. The largest absolute Gasteiger partial charge is 0.310 e. The van der Waals surface area contributed by atoms with Crippen LogP contribution in [0.5, 0.6) is 0 Å². The molecule has 1 aliphatic rings. The summed E-state index contributed by atoms with van der Waals surface area (Å²) in [5.41, 5.74) is 12.6. The number of fused-ring (bicyclic) bond motifs is 5. The zero-order valence-electron chi connectivity index (χ0n) is 34.9. The van der Waals surface area contributed by atoms with E-state index in [2.05, 4.69) is 202 Å². The number of hydrogen-bond acceptors (Lipinski definition) is 2. The van der Waals surface area contributed by atoms with Crippen molar-refractivity contribution >= 4 is 66.4 Å². The Morgan fingerprint density at radius 3 is 1.21 bits per heavy atom. The second kappa shape index (κ2) is 16.2. The Hall–Kier alpha value is -5.86. The lowest BCUT2D eigenvalue weighted by atomic mass is 9.84. The highest BCUT2D eigenvalue weighted by Crippen LogP contribution is 2.48. The molecule has 0 bridgehead atoms. The molecule has 0 aromatic heterocycles. The molecule has 1 saturated carbocycles. The van der Waals surface area contributed by atoms with Crippen molar-refractivity contribution in [2.45, 2.75) is 90.9 Å². The van der Waals surface area contributed by atoms with Gasteiger partial charge in [0.1, 0.15) is 0 Å². The number of hydrogen-bond donors (Lipinski definition) is 0. The van der Waals surface area contributed by atoms with E-state index in [-0.39, 0.29) is 0 Å². The lowest BCUT2D eigenvalue weighted by molar-refractivity contribution is 0.443. The fourth-order valence-corrected chi connectivity index (χ4v) is 9.37. The first-order chi connectivity index (χ1) is 28.4. The van der Waals surface area contributed by atoms with Gasteiger partial charge in [0.05, 0.1) is 11.4 Å². The van der Waals surface area contributed by atoms with Gasteiger partial charge in [-0.2, -0.15) is 0 Å². The molecule has 1 aliphatic carbocycles. The summed E-state index contributed by atoms with van der Waals surface area (Å²) < 4.78 is 0. The normalized spacial score (nSPS) is 13.6. The quantitative estimate of drug-likeness (QED) is 0.128. The van der Waals surface area contributed by atoms with E-state index in [0.29, 0.717) is 17.8 Å². The molecular formula is C56H56N2. The van der Waals surface area contributed by atoms with Gasteiger partial charge in [-0.3, -0.25) is 0 Å². The summed E-state index contributed by atoms with van der Waals surface area (Å²) in [6.45, 7) is 11.3. The average molecular weight is 757 g/mol. The fraction of sp³-hybridized carbons (Fsp3) is 0.250. The van der Waals surface area contributed by atoms with Crippen molar-refractivity contribution in [1.29, 1.82) is 0 Å². The first kappa shape index (κ1) is 37.7. The first-order valence-corrected chi connectivity index (χ1v) is 21.7. The molecule has 2 nitrogen and oxygen atoms in total.